The second kappa shape index (κ2) is 5.07. The van der Waals surface area contributed by atoms with Gasteiger partial charge in [0.1, 0.15) is 5.41 Å². The molecule has 1 aromatic heterocycles. The van der Waals surface area contributed by atoms with E-state index in [9.17, 15) is 10.1 Å². The van der Waals surface area contributed by atoms with E-state index in [1.165, 1.54) is 4.88 Å². The standard InChI is InChI=1S/C13H17N3OS/c1-3-13(4-2,8-14)11(17)16-12-15-9-6-5-7-10(9)18-12/h3-7H2,1-2H3,(H,15,16,17). The van der Waals surface area contributed by atoms with E-state index in [0.717, 1.165) is 25.0 Å². The molecular formula is C13H17N3OS. The zero-order valence-electron chi connectivity index (χ0n) is 10.7. The van der Waals surface area contributed by atoms with Gasteiger partial charge in [-0.2, -0.15) is 5.26 Å². The number of fused-ring (bicyclic) bond motifs is 1. The summed E-state index contributed by atoms with van der Waals surface area (Å²) in [6.07, 6.45) is 4.28. The molecule has 0 saturated carbocycles. The Balaban J connectivity index is 2.13. The summed E-state index contributed by atoms with van der Waals surface area (Å²) < 4.78 is 0. The Hall–Kier alpha value is -1.41. The van der Waals surface area contributed by atoms with Gasteiger partial charge in [0.25, 0.3) is 0 Å². The molecule has 1 aromatic rings. The summed E-state index contributed by atoms with van der Waals surface area (Å²) in [4.78, 5) is 17.9. The second-order valence-electron chi connectivity index (χ2n) is 4.60. The maximum absolute atomic E-state index is 12.2. The van der Waals surface area contributed by atoms with Gasteiger partial charge in [0.15, 0.2) is 5.13 Å². The molecule has 0 spiro atoms. The molecule has 0 aromatic carbocycles. The lowest BCUT2D eigenvalue weighted by molar-refractivity contribution is -0.123. The monoisotopic (exact) mass is 263 g/mol. The van der Waals surface area contributed by atoms with Gasteiger partial charge in [-0.1, -0.05) is 13.8 Å². The maximum atomic E-state index is 12.2. The van der Waals surface area contributed by atoms with Gasteiger partial charge in [-0.15, -0.1) is 11.3 Å². The summed E-state index contributed by atoms with van der Waals surface area (Å²) in [6.45, 7) is 3.74. The zero-order chi connectivity index (χ0) is 13.2. The Kier molecular flexibility index (Phi) is 3.67. The van der Waals surface area contributed by atoms with Crippen LogP contribution in [-0.4, -0.2) is 10.9 Å². The summed E-state index contributed by atoms with van der Waals surface area (Å²) in [7, 11) is 0. The van der Waals surface area contributed by atoms with E-state index < -0.39 is 5.41 Å². The molecule has 1 amide bonds. The third-order valence-electron chi connectivity index (χ3n) is 3.67. The van der Waals surface area contributed by atoms with Crippen LogP contribution >= 0.6 is 11.3 Å². The number of amides is 1. The Bertz CT molecular complexity index is 475. The zero-order valence-corrected chi connectivity index (χ0v) is 11.6. The number of hydrogen-bond acceptors (Lipinski definition) is 4. The number of aryl methyl sites for hydroxylation is 2. The van der Waals surface area contributed by atoms with Crippen molar-refractivity contribution in [1.82, 2.24) is 4.98 Å². The fourth-order valence-electron chi connectivity index (χ4n) is 2.24. The Morgan fingerprint density at radius 3 is 2.78 bits per heavy atom. The molecule has 0 radical (unpaired) electrons. The first-order valence-corrected chi connectivity index (χ1v) is 7.18. The second-order valence-corrected chi connectivity index (χ2v) is 5.68. The van der Waals surface area contributed by atoms with Crippen molar-refractivity contribution in [3.8, 4) is 6.07 Å². The number of carbonyl (C=O) groups excluding carboxylic acids is 1. The molecule has 1 aliphatic carbocycles. The minimum Gasteiger partial charge on any atom is -0.301 e. The predicted octanol–water partition coefficient (Wildman–Crippen LogP) is 2.90. The lowest BCUT2D eigenvalue weighted by Gasteiger charge is -2.21. The number of aromatic nitrogens is 1. The van der Waals surface area contributed by atoms with Crippen LogP contribution in [0.2, 0.25) is 0 Å². The van der Waals surface area contributed by atoms with E-state index in [2.05, 4.69) is 16.4 Å². The molecule has 4 nitrogen and oxygen atoms in total. The first-order valence-electron chi connectivity index (χ1n) is 6.36. The number of thiazole rings is 1. The average molecular weight is 263 g/mol. The molecule has 5 heteroatoms. The van der Waals surface area contributed by atoms with Crippen LogP contribution in [0.3, 0.4) is 0 Å². The van der Waals surface area contributed by atoms with Gasteiger partial charge in [-0.3, -0.25) is 4.79 Å². The topological polar surface area (TPSA) is 65.8 Å². The van der Waals surface area contributed by atoms with Gasteiger partial charge in [0.05, 0.1) is 11.8 Å². The minimum absolute atomic E-state index is 0.220. The Morgan fingerprint density at radius 1 is 1.50 bits per heavy atom. The molecule has 1 aliphatic rings. The summed E-state index contributed by atoms with van der Waals surface area (Å²) in [5.41, 5.74) is 0.196. The van der Waals surface area contributed by atoms with Crippen LogP contribution < -0.4 is 5.32 Å². The summed E-state index contributed by atoms with van der Waals surface area (Å²) in [5, 5.41) is 12.7. The largest absolute Gasteiger partial charge is 0.301 e. The Morgan fingerprint density at radius 2 is 2.22 bits per heavy atom. The van der Waals surface area contributed by atoms with Crippen molar-refractivity contribution in [2.24, 2.45) is 5.41 Å². The van der Waals surface area contributed by atoms with Crippen molar-refractivity contribution in [3.63, 3.8) is 0 Å². The number of nitriles is 1. The van der Waals surface area contributed by atoms with E-state index in [0.29, 0.717) is 18.0 Å². The van der Waals surface area contributed by atoms with Crippen LogP contribution in [0, 0.1) is 16.7 Å². The Labute approximate surface area is 111 Å². The molecule has 96 valence electrons. The van der Waals surface area contributed by atoms with Crippen molar-refractivity contribution >= 4 is 22.4 Å². The first kappa shape index (κ1) is 13.0. The normalized spacial score (nSPS) is 14.1. The maximum Gasteiger partial charge on any atom is 0.246 e. The minimum atomic E-state index is -0.921. The molecule has 0 atom stereocenters. The van der Waals surface area contributed by atoms with Crippen LogP contribution in [0.4, 0.5) is 5.13 Å². The van der Waals surface area contributed by atoms with Gasteiger partial charge in [-0.25, -0.2) is 4.98 Å². The van der Waals surface area contributed by atoms with Crippen LogP contribution in [0.5, 0.6) is 0 Å². The van der Waals surface area contributed by atoms with Crippen LogP contribution in [-0.2, 0) is 17.6 Å². The summed E-state index contributed by atoms with van der Waals surface area (Å²) >= 11 is 1.55. The van der Waals surface area contributed by atoms with Crippen LogP contribution in [0.15, 0.2) is 0 Å². The number of hydrogen-bond donors (Lipinski definition) is 1. The van der Waals surface area contributed by atoms with Gasteiger partial charge in [-0.05, 0) is 32.1 Å². The molecule has 2 rings (SSSR count). The van der Waals surface area contributed by atoms with Gasteiger partial charge >= 0.3 is 0 Å². The smallest absolute Gasteiger partial charge is 0.246 e. The highest BCUT2D eigenvalue weighted by Gasteiger charge is 2.35. The third-order valence-corrected chi connectivity index (χ3v) is 4.74. The highest BCUT2D eigenvalue weighted by atomic mass is 32.1. The van der Waals surface area contributed by atoms with Crippen molar-refractivity contribution in [3.05, 3.63) is 10.6 Å². The SMILES string of the molecule is CCC(C#N)(CC)C(=O)Nc1nc2c(s1)CCC2. The number of nitrogens with one attached hydrogen (secondary N) is 1. The predicted molar refractivity (Wildman–Crippen MR) is 71.4 cm³/mol. The van der Waals surface area contributed by atoms with Crippen LogP contribution in [0.25, 0.3) is 0 Å². The van der Waals surface area contributed by atoms with Crippen LogP contribution in [0.1, 0.15) is 43.7 Å². The number of nitrogens with zero attached hydrogens (tertiary/aromatic N) is 2. The molecule has 1 heterocycles. The molecule has 0 unspecified atom stereocenters. The lowest BCUT2D eigenvalue weighted by atomic mass is 9.83. The highest BCUT2D eigenvalue weighted by molar-refractivity contribution is 7.15. The van der Waals surface area contributed by atoms with Gasteiger partial charge < -0.3 is 5.32 Å². The fraction of sp³-hybridized carbons (Fsp3) is 0.615. The number of carbonyl (C=O) groups is 1. The molecular weight excluding hydrogens is 246 g/mol. The number of rotatable bonds is 4. The molecule has 18 heavy (non-hydrogen) atoms. The fourth-order valence-corrected chi connectivity index (χ4v) is 3.29. The summed E-state index contributed by atoms with van der Waals surface area (Å²) in [5.74, 6) is -0.220. The van der Waals surface area contributed by atoms with E-state index in [4.69, 9.17) is 0 Å². The van der Waals surface area contributed by atoms with E-state index >= 15 is 0 Å². The summed E-state index contributed by atoms with van der Waals surface area (Å²) in [6, 6.07) is 2.15. The van der Waals surface area contributed by atoms with Crippen molar-refractivity contribution in [1.29, 1.82) is 5.26 Å². The molecule has 0 aliphatic heterocycles. The highest BCUT2D eigenvalue weighted by Crippen LogP contribution is 2.32. The van der Waals surface area contributed by atoms with E-state index in [-0.39, 0.29) is 5.91 Å². The lowest BCUT2D eigenvalue weighted by Crippen LogP contribution is -2.33. The molecule has 0 saturated heterocycles. The van der Waals surface area contributed by atoms with Crippen molar-refractivity contribution < 1.29 is 4.79 Å². The quantitative estimate of drug-likeness (QED) is 0.908. The van der Waals surface area contributed by atoms with E-state index in [1.54, 1.807) is 11.3 Å². The molecule has 0 fully saturated rings. The molecule has 0 bridgehead atoms. The first-order chi connectivity index (χ1) is 8.65. The van der Waals surface area contributed by atoms with E-state index in [1.807, 2.05) is 13.8 Å². The third kappa shape index (κ3) is 2.13. The van der Waals surface area contributed by atoms with Gasteiger partial charge in [0.2, 0.25) is 5.91 Å². The number of anilines is 1. The van der Waals surface area contributed by atoms with Crippen molar-refractivity contribution in [2.45, 2.75) is 46.0 Å². The van der Waals surface area contributed by atoms with Crippen molar-refractivity contribution in [2.75, 3.05) is 5.32 Å². The van der Waals surface area contributed by atoms with Gasteiger partial charge in [0, 0.05) is 4.88 Å². The average Bonchev–Trinajstić information content (AvgIpc) is 2.92. The molecule has 1 N–H and O–H groups in total.